The fourth-order valence-electron chi connectivity index (χ4n) is 0.198. The van der Waals surface area contributed by atoms with Gasteiger partial charge in [-0.1, -0.05) is 6.58 Å². The van der Waals surface area contributed by atoms with Gasteiger partial charge in [-0.2, -0.15) is 0 Å². The maximum absolute atomic E-state index is 10.8. The van der Waals surface area contributed by atoms with E-state index in [-0.39, 0.29) is 0 Å². The quantitative estimate of drug-likeness (QED) is 0.586. The van der Waals surface area contributed by atoms with Gasteiger partial charge in [0.25, 0.3) is 0 Å². The van der Waals surface area contributed by atoms with E-state index in [1.54, 1.807) is 0 Å². The third-order valence-corrected chi connectivity index (χ3v) is 3.33. The second kappa shape index (κ2) is 2.31. The first-order chi connectivity index (χ1) is 3.81. The van der Waals surface area contributed by atoms with Crippen LogP contribution in [0, 0.1) is 0 Å². The van der Waals surface area contributed by atoms with Gasteiger partial charge in [0.2, 0.25) is 0 Å². The minimum atomic E-state index is -3.31. The lowest BCUT2D eigenvalue weighted by atomic mass is 10.6. The molecule has 0 aliphatic carbocycles. The minimum Gasteiger partial charge on any atom is -0.223 e. The van der Waals surface area contributed by atoms with E-state index in [4.69, 9.17) is 11.6 Å². The summed E-state index contributed by atoms with van der Waals surface area (Å²) in [5.74, 6) is 0. The molecule has 0 saturated carbocycles. The highest BCUT2D eigenvalue weighted by atomic mass is 35.5. The first kappa shape index (κ1) is 8.98. The van der Waals surface area contributed by atoms with Gasteiger partial charge in [-0.05, 0) is 13.8 Å². The van der Waals surface area contributed by atoms with Crippen LogP contribution in [-0.4, -0.2) is 12.6 Å². The van der Waals surface area contributed by atoms with E-state index in [1.165, 1.54) is 13.8 Å². The van der Waals surface area contributed by atoms with Crippen molar-refractivity contribution < 1.29 is 8.42 Å². The van der Waals surface area contributed by atoms with Crippen LogP contribution in [0.3, 0.4) is 0 Å². The first-order valence-electron chi connectivity index (χ1n) is 2.37. The van der Waals surface area contributed by atoms with E-state index in [9.17, 15) is 8.42 Å². The molecular formula is C5H9ClO2S. The molecule has 0 bridgehead atoms. The van der Waals surface area contributed by atoms with Crippen LogP contribution < -0.4 is 0 Å². The minimum absolute atomic E-state index is 0.861. The van der Waals surface area contributed by atoms with Crippen molar-refractivity contribution in [1.82, 2.24) is 0 Å². The maximum atomic E-state index is 10.8. The van der Waals surface area contributed by atoms with Crippen LogP contribution in [0.25, 0.3) is 0 Å². The average Bonchev–Trinajstić information content (AvgIpc) is 1.64. The van der Waals surface area contributed by atoms with E-state index >= 15 is 0 Å². The molecule has 0 amide bonds. The third-order valence-electron chi connectivity index (χ3n) is 0.896. The zero-order chi connectivity index (χ0) is 7.71. The second-order valence-electron chi connectivity index (χ2n) is 2.08. The molecule has 0 unspecified atom stereocenters. The summed E-state index contributed by atoms with van der Waals surface area (Å²) in [6.45, 7) is 5.94. The largest absolute Gasteiger partial charge is 0.223 e. The molecule has 0 aliphatic heterocycles. The van der Waals surface area contributed by atoms with Crippen LogP contribution in [0.5, 0.6) is 0 Å². The van der Waals surface area contributed by atoms with Crippen LogP contribution in [0.15, 0.2) is 12.0 Å². The zero-order valence-corrected chi connectivity index (χ0v) is 6.96. The van der Waals surface area contributed by atoms with Crippen LogP contribution in [0.2, 0.25) is 0 Å². The summed E-state index contributed by atoms with van der Waals surface area (Å²) in [5.41, 5.74) is 0. The van der Waals surface area contributed by atoms with Crippen LogP contribution >= 0.6 is 11.6 Å². The Hall–Kier alpha value is -0.0200. The molecule has 0 radical (unpaired) electrons. The molecule has 0 aliphatic rings. The monoisotopic (exact) mass is 168 g/mol. The Morgan fingerprint density at radius 1 is 1.56 bits per heavy atom. The lowest BCUT2D eigenvalue weighted by Crippen LogP contribution is -2.22. The Kier molecular flexibility index (Phi) is 2.30. The highest BCUT2D eigenvalue weighted by Gasteiger charge is 2.28. The SMILES string of the molecule is C=CS(=O)(=O)C(C)(C)Cl. The fourth-order valence-corrected chi connectivity index (χ4v) is 0.783. The van der Waals surface area contributed by atoms with Gasteiger partial charge in [0.15, 0.2) is 9.84 Å². The van der Waals surface area contributed by atoms with Crippen molar-refractivity contribution in [3.8, 4) is 0 Å². The van der Waals surface area contributed by atoms with E-state index in [2.05, 4.69) is 6.58 Å². The predicted octanol–water partition coefficient (Wildman–Crippen LogP) is 1.52. The van der Waals surface area contributed by atoms with Crippen molar-refractivity contribution in [1.29, 1.82) is 0 Å². The van der Waals surface area contributed by atoms with E-state index in [0.717, 1.165) is 5.41 Å². The van der Waals surface area contributed by atoms with Crippen molar-refractivity contribution in [3.05, 3.63) is 12.0 Å². The summed E-state index contributed by atoms with van der Waals surface area (Å²) in [6.07, 6.45) is 0. The number of sulfone groups is 1. The standard InChI is InChI=1S/C5H9ClO2S/c1-4-9(7,8)5(2,3)6/h4H,1H2,2-3H3. The van der Waals surface area contributed by atoms with Gasteiger partial charge in [-0.25, -0.2) is 8.42 Å². The first-order valence-corrected chi connectivity index (χ1v) is 4.29. The van der Waals surface area contributed by atoms with Crippen molar-refractivity contribution >= 4 is 21.4 Å². The summed E-state index contributed by atoms with van der Waals surface area (Å²) in [7, 11) is -3.31. The topological polar surface area (TPSA) is 34.1 Å². The van der Waals surface area contributed by atoms with E-state index < -0.39 is 14.0 Å². The van der Waals surface area contributed by atoms with Crippen molar-refractivity contribution in [3.63, 3.8) is 0 Å². The molecular weight excluding hydrogens is 160 g/mol. The lowest BCUT2D eigenvalue weighted by molar-refractivity contribution is 0.590. The Morgan fingerprint density at radius 3 is 1.89 bits per heavy atom. The number of hydrogen-bond acceptors (Lipinski definition) is 2. The Morgan fingerprint density at radius 2 is 1.89 bits per heavy atom. The molecule has 54 valence electrons. The van der Waals surface area contributed by atoms with E-state index in [1.807, 2.05) is 0 Å². The molecule has 0 N–H and O–H groups in total. The Labute approximate surface area is 60.4 Å². The van der Waals surface area contributed by atoms with Crippen molar-refractivity contribution in [2.45, 2.75) is 18.1 Å². The van der Waals surface area contributed by atoms with Gasteiger partial charge in [0.05, 0.1) is 0 Å². The summed E-state index contributed by atoms with van der Waals surface area (Å²) in [4.78, 5) is 0. The number of alkyl halides is 1. The molecule has 0 aromatic heterocycles. The second-order valence-corrected chi connectivity index (χ2v) is 5.69. The van der Waals surface area contributed by atoms with Gasteiger partial charge >= 0.3 is 0 Å². The van der Waals surface area contributed by atoms with Gasteiger partial charge in [0, 0.05) is 5.41 Å². The van der Waals surface area contributed by atoms with E-state index in [0.29, 0.717) is 0 Å². The molecule has 0 atom stereocenters. The molecule has 0 fully saturated rings. The molecule has 0 saturated heterocycles. The summed E-state index contributed by atoms with van der Waals surface area (Å²) in [6, 6.07) is 0. The highest BCUT2D eigenvalue weighted by molar-refractivity contribution is 7.96. The van der Waals surface area contributed by atoms with Crippen LogP contribution in [0.4, 0.5) is 0 Å². The number of rotatable bonds is 2. The average molecular weight is 169 g/mol. The van der Waals surface area contributed by atoms with Crippen LogP contribution in [-0.2, 0) is 9.84 Å². The van der Waals surface area contributed by atoms with Gasteiger partial charge in [-0.15, -0.1) is 11.6 Å². The number of hydrogen-bond donors (Lipinski definition) is 0. The Balaban J connectivity index is 4.79. The highest BCUT2D eigenvalue weighted by Crippen LogP contribution is 2.21. The molecule has 4 heteroatoms. The van der Waals surface area contributed by atoms with Gasteiger partial charge in [-0.3, -0.25) is 0 Å². The predicted molar refractivity (Wildman–Crippen MR) is 39.0 cm³/mol. The fraction of sp³-hybridized carbons (Fsp3) is 0.600. The zero-order valence-electron chi connectivity index (χ0n) is 5.39. The summed E-state index contributed by atoms with van der Waals surface area (Å²) < 4.78 is 20.3. The van der Waals surface area contributed by atoms with Crippen molar-refractivity contribution in [2.75, 3.05) is 0 Å². The molecule has 0 spiro atoms. The van der Waals surface area contributed by atoms with Crippen molar-refractivity contribution in [2.24, 2.45) is 0 Å². The van der Waals surface area contributed by atoms with Gasteiger partial charge < -0.3 is 0 Å². The normalized spacial score (nSPS) is 13.2. The van der Waals surface area contributed by atoms with Gasteiger partial charge in [0.1, 0.15) is 4.21 Å². The number of halogens is 1. The molecule has 0 rings (SSSR count). The third kappa shape index (κ3) is 1.99. The summed E-state index contributed by atoms with van der Waals surface area (Å²) in [5, 5.41) is 0.861. The lowest BCUT2D eigenvalue weighted by Gasteiger charge is -2.11. The molecule has 0 aromatic carbocycles. The smallest absolute Gasteiger partial charge is 0.190 e. The maximum Gasteiger partial charge on any atom is 0.190 e. The Bertz CT molecular complexity index is 197. The molecule has 2 nitrogen and oxygen atoms in total. The molecule has 9 heavy (non-hydrogen) atoms. The molecule has 0 heterocycles. The molecule has 0 aromatic rings. The van der Waals surface area contributed by atoms with Crippen LogP contribution in [0.1, 0.15) is 13.8 Å². The summed E-state index contributed by atoms with van der Waals surface area (Å²) >= 11 is 5.47.